The summed E-state index contributed by atoms with van der Waals surface area (Å²) in [6.45, 7) is 3.21. The lowest BCUT2D eigenvalue weighted by Crippen LogP contribution is -2.38. The molecule has 1 aliphatic rings. The molecule has 1 aromatic carbocycles. The van der Waals surface area contributed by atoms with Gasteiger partial charge in [0, 0.05) is 18.0 Å². The van der Waals surface area contributed by atoms with Gasteiger partial charge in [-0.3, -0.25) is 14.7 Å². The number of anilines is 1. The van der Waals surface area contributed by atoms with E-state index in [-0.39, 0.29) is 5.91 Å². The molecule has 0 bridgehead atoms. The first-order chi connectivity index (χ1) is 9.11. The summed E-state index contributed by atoms with van der Waals surface area (Å²) in [5.74, 6) is 0.638. The minimum atomic E-state index is 0.0799. The van der Waals surface area contributed by atoms with Crippen molar-refractivity contribution in [1.29, 1.82) is 0 Å². The minimum absolute atomic E-state index is 0.0799. The number of guanidine groups is 1. The van der Waals surface area contributed by atoms with E-state index in [2.05, 4.69) is 10.3 Å². The van der Waals surface area contributed by atoms with E-state index in [1.165, 1.54) is 0 Å². The molecule has 19 heavy (non-hydrogen) atoms. The van der Waals surface area contributed by atoms with Gasteiger partial charge in [0.25, 0.3) is 0 Å². The molecule has 0 unspecified atom stereocenters. The highest BCUT2D eigenvalue weighted by Gasteiger charge is 2.23. The van der Waals surface area contributed by atoms with Crippen molar-refractivity contribution >= 4 is 40.8 Å². The van der Waals surface area contributed by atoms with Crippen molar-refractivity contribution in [2.75, 3.05) is 18.4 Å². The molecule has 0 fully saturated rings. The fraction of sp³-hybridized carbons (Fsp3) is 0.385. The van der Waals surface area contributed by atoms with Crippen LogP contribution in [0, 0.1) is 0 Å². The molecular formula is C13H15Cl2N3O. The number of carbonyl (C=O) groups is 1. The number of nitrogens with zero attached hydrogens (tertiary/aromatic N) is 2. The zero-order valence-corrected chi connectivity index (χ0v) is 12.1. The van der Waals surface area contributed by atoms with Crippen LogP contribution in [0.4, 0.5) is 5.69 Å². The Kier molecular flexibility index (Phi) is 4.66. The number of benzene rings is 1. The van der Waals surface area contributed by atoms with Gasteiger partial charge >= 0.3 is 0 Å². The summed E-state index contributed by atoms with van der Waals surface area (Å²) >= 11 is 11.9. The van der Waals surface area contributed by atoms with Gasteiger partial charge in [0.1, 0.15) is 0 Å². The number of carbonyl (C=O) groups excluding carboxylic acids is 1. The Bertz CT molecular complexity index is 517. The van der Waals surface area contributed by atoms with Crippen LogP contribution in [0.25, 0.3) is 0 Å². The third kappa shape index (κ3) is 3.39. The Morgan fingerprint density at radius 1 is 1.47 bits per heavy atom. The van der Waals surface area contributed by atoms with Gasteiger partial charge in [-0.05, 0) is 24.6 Å². The van der Waals surface area contributed by atoms with Gasteiger partial charge in [0.05, 0.1) is 17.3 Å². The molecule has 0 atom stereocenters. The maximum Gasteiger partial charge on any atom is 0.229 e. The molecule has 1 N–H and O–H groups in total. The molecule has 0 saturated carbocycles. The maximum absolute atomic E-state index is 11.9. The first-order valence-electron chi connectivity index (χ1n) is 6.18. The molecule has 1 aromatic rings. The number of hydrogen-bond acceptors (Lipinski definition) is 3. The lowest BCUT2D eigenvalue weighted by Gasteiger charge is -2.19. The number of amides is 1. The zero-order chi connectivity index (χ0) is 13.8. The van der Waals surface area contributed by atoms with Crippen LogP contribution in [0.2, 0.25) is 10.0 Å². The smallest absolute Gasteiger partial charge is 0.229 e. The van der Waals surface area contributed by atoms with Crippen molar-refractivity contribution in [2.24, 2.45) is 4.99 Å². The molecule has 1 amide bonds. The van der Waals surface area contributed by atoms with Crippen LogP contribution >= 0.6 is 23.2 Å². The predicted molar refractivity (Wildman–Crippen MR) is 79.0 cm³/mol. The highest BCUT2D eigenvalue weighted by Crippen LogP contribution is 2.26. The summed E-state index contributed by atoms with van der Waals surface area (Å²) in [6.07, 6.45) is 1.35. The molecule has 0 aliphatic carbocycles. The van der Waals surface area contributed by atoms with E-state index in [1.54, 1.807) is 23.1 Å². The van der Waals surface area contributed by atoms with Crippen LogP contribution in [-0.2, 0) is 4.79 Å². The normalized spacial score (nSPS) is 14.5. The van der Waals surface area contributed by atoms with Gasteiger partial charge in [-0.2, -0.15) is 0 Å². The predicted octanol–water partition coefficient (Wildman–Crippen LogP) is 3.40. The summed E-state index contributed by atoms with van der Waals surface area (Å²) in [4.78, 5) is 17.9. The Labute approximate surface area is 122 Å². The van der Waals surface area contributed by atoms with Crippen molar-refractivity contribution in [3.05, 3.63) is 28.2 Å². The summed E-state index contributed by atoms with van der Waals surface area (Å²) < 4.78 is 0. The van der Waals surface area contributed by atoms with E-state index in [1.807, 2.05) is 6.92 Å². The largest absolute Gasteiger partial charge is 0.325 e. The van der Waals surface area contributed by atoms with E-state index >= 15 is 0 Å². The molecule has 2 rings (SSSR count). The summed E-state index contributed by atoms with van der Waals surface area (Å²) in [5, 5.41) is 4.17. The highest BCUT2D eigenvalue weighted by atomic mass is 35.5. The van der Waals surface area contributed by atoms with Gasteiger partial charge in [0.2, 0.25) is 11.9 Å². The first kappa shape index (κ1) is 14.2. The third-order valence-corrected chi connectivity index (χ3v) is 3.33. The molecule has 0 aromatic heterocycles. The average molecular weight is 300 g/mol. The molecule has 0 radical (unpaired) electrons. The molecular weight excluding hydrogens is 285 g/mol. The van der Waals surface area contributed by atoms with E-state index in [0.717, 1.165) is 6.42 Å². The fourth-order valence-corrected chi connectivity index (χ4v) is 2.31. The van der Waals surface area contributed by atoms with E-state index in [0.29, 0.717) is 41.2 Å². The van der Waals surface area contributed by atoms with Gasteiger partial charge < -0.3 is 5.32 Å². The van der Waals surface area contributed by atoms with Crippen LogP contribution in [0.15, 0.2) is 23.2 Å². The molecule has 0 spiro atoms. The Morgan fingerprint density at radius 3 is 2.95 bits per heavy atom. The first-order valence-corrected chi connectivity index (χ1v) is 6.94. The second kappa shape index (κ2) is 6.26. The molecule has 6 heteroatoms. The number of nitrogens with one attached hydrogen (secondary N) is 1. The van der Waals surface area contributed by atoms with E-state index in [9.17, 15) is 4.79 Å². The van der Waals surface area contributed by atoms with Crippen LogP contribution in [-0.4, -0.2) is 29.9 Å². The van der Waals surface area contributed by atoms with Gasteiger partial charge in [-0.25, -0.2) is 0 Å². The SMILES string of the molecule is CCCC(=O)N1CCN=C1Nc1ccc(Cl)cc1Cl. The summed E-state index contributed by atoms with van der Waals surface area (Å²) in [6, 6.07) is 5.16. The number of hydrogen-bond donors (Lipinski definition) is 1. The summed E-state index contributed by atoms with van der Waals surface area (Å²) in [5.41, 5.74) is 0.695. The maximum atomic E-state index is 11.9. The lowest BCUT2D eigenvalue weighted by molar-refractivity contribution is -0.127. The standard InChI is InChI=1S/C13H15Cl2N3O/c1-2-3-12(19)18-7-6-16-13(18)17-11-5-4-9(14)8-10(11)15/h4-5,8H,2-3,6-7H2,1H3,(H,16,17). The monoisotopic (exact) mass is 299 g/mol. The number of halogens is 2. The van der Waals surface area contributed by atoms with E-state index in [4.69, 9.17) is 23.2 Å². The third-order valence-electron chi connectivity index (χ3n) is 2.78. The van der Waals surface area contributed by atoms with Crippen molar-refractivity contribution in [3.63, 3.8) is 0 Å². The lowest BCUT2D eigenvalue weighted by atomic mass is 10.3. The molecule has 4 nitrogen and oxygen atoms in total. The van der Waals surface area contributed by atoms with Crippen molar-refractivity contribution in [2.45, 2.75) is 19.8 Å². The van der Waals surface area contributed by atoms with Crippen LogP contribution in [0.5, 0.6) is 0 Å². The summed E-state index contributed by atoms with van der Waals surface area (Å²) in [7, 11) is 0. The van der Waals surface area contributed by atoms with Crippen LogP contribution < -0.4 is 5.32 Å². The van der Waals surface area contributed by atoms with Gasteiger partial charge in [-0.15, -0.1) is 0 Å². The quantitative estimate of drug-likeness (QED) is 0.929. The molecule has 1 heterocycles. The Morgan fingerprint density at radius 2 is 2.26 bits per heavy atom. The molecule has 1 aliphatic heterocycles. The van der Waals surface area contributed by atoms with Crippen molar-refractivity contribution in [1.82, 2.24) is 4.90 Å². The van der Waals surface area contributed by atoms with Gasteiger partial charge in [0.15, 0.2) is 0 Å². The average Bonchev–Trinajstić information content (AvgIpc) is 2.81. The zero-order valence-electron chi connectivity index (χ0n) is 10.6. The second-order valence-electron chi connectivity index (χ2n) is 4.25. The van der Waals surface area contributed by atoms with Crippen molar-refractivity contribution in [3.8, 4) is 0 Å². The Balaban J connectivity index is 2.11. The highest BCUT2D eigenvalue weighted by molar-refractivity contribution is 6.36. The van der Waals surface area contributed by atoms with Crippen LogP contribution in [0.1, 0.15) is 19.8 Å². The van der Waals surface area contributed by atoms with Gasteiger partial charge in [-0.1, -0.05) is 30.1 Å². The topological polar surface area (TPSA) is 44.7 Å². The number of aliphatic imine (C=N–C) groups is 1. The Hall–Kier alpha value is -1.26. The van der Waals surface area contributed by atoms with Crippen LogP contribution in [0.3, 0.4) is 0 Å². The fourth-order valence-electron chi connectivity index (χ4n) is 1.86. The second-order valence-corrected chi connectivity index (χ2v) is 5.09. The van der Waals surface area contributed by atoms with Crippen molar-refractivity contribution < 1.29 is 4.79 Å². The molecule has 0 saturated heterocycles. The van der Waals surface area contributed by atoms with E-state index < -0.39 is 0 Å². The molecule has 102 valence electrons. The number of rotatable bonds is 3. The minimum Gasteiger partial charge on any atom is -0.325 e.